The quantitative estimate of drug-likeness (QED) is 0.544. The van der Waals surface area contributed by atoms with Gasteiger partial charge in [0.05, 0.1) is 6.54 Å². The fourth-order valence-electron chi connectivity index (χ4n) is 4.38. The Labute approximate surface area is 172 Å². The van der Waals surface area contributed by atoms with Crippen molar-refractivity contribution in [3.63, 3.8) is 0 Å². The lowest BCUT2D eigenvalue weighted by atomic mass is 9.82. The average Bonchev–Trinajstić information content (AvgIpc) is 3.12. The smallest absolute Gasteiger partial charge is 0.134 e. The lowest BCUT2D eigenvalue weighted by molar-refractivity contribution is 0.162. The Bertz CT molecular complexity index is 848. The number of hydrogen-bond donors (Lipinski definition) is 1. The number of fused-ring (bicyclic) bond motifs is 1. The highest BCUT2D eigenvalue weighted by Crippen LogP contribution is 2.30. The van der Waals surface area contributed by atoms with Crippen molar-refractivity contribution in [1.29, 1.82) is 0 Å². The summed E-state index contributed by atoms with van der Waals surface area (Å²) < 4.78 is 6.10. The van der Waals surface area contributed by atoms with E-state index in [0.29, 0.717) is 0 Å². The van der Waals surface area contributed by atoms with Gasteiger partial charge in [0.1, 0.15) is 11.3 Å². The Hall–Kier alpha value is -1.81. The molecule has 1 fully saturated rings. The molecule has 4 heteroatoms. The Morgan fingerprint density at radius 1 is 0.929 bits per heavy atom. The standard InChI is InChI=1S/C24H29ClN2O/c25-22-11-9-20(10-12-22)16-27(15-19-7-5-18(14-26)6-8-19)17-23-13-21-3-1-2-4-24(21)28-23/h1-4,9-13,18-19H,5-8,14-17,26H2. The highest BCUT2D eigenvalue weighted by atomic mass is 35.5. The van der Waals surface area contributed by atoms with Crippen molar-refractivity contribution < 1.29 is 4.42 Å². The van der Waals surface area contributed by atoms with Crippen molar-refractivity contribution >= 4 is 22.6 Å². The van der Waals surface area contributed by atoms with Crippen molar-refractivity contribution in [2.75, 3.05) is 13.1 Å². The molecule has 1 heterocycles. The van der Waals surface area contributed by atoms with Gasteiger partial charge >= 0.3 is 0 Å². The molecule has 3 nitrogen and oxygen atoms in total. The predicted molar refractivity (Wildman–Crippen MR) is 116 cm³/mol. The Balaban J connectivity index is 1.47. The number of nitrogens with zero attached hydrogens (tertiary/aromatic N) is 1. The zero-order valence-corrected chi connectivity index (χ0v) is 17.1. The summed E-state index contributed by atoms with van der Waals surface area (Å²) in [4.78, 5) is 2.52. The van der Waals surface area contributed by atoms with Crippen molar-refractivity contribution in [3.05, 3.63) is 70.9 Å². The van der Waals surface area contributed by atoms with Crippen LogP contribution in [0.5, 0.6) is 0 Å². The maximum atomic E-state index is 6.10. The van der Waals surface area contributed by atoms with E-state index in [0.717, 1.165) is 54.4 Å². The van der Waals surface area contributed by atoms with Crippen LogP contribution in [0, 0.1) is 11.8 Å². The number of rotatable bonds is 7. The fraction of sp³-hybridized carbons (Fsp3) is 0.417. The zero-order valence-electron chi connectivity index (χ0n) is 16.3. The van der Waals surface area contributed by atoms with Gasteiger partial charge in [-0.25, -0.2) is 0 Å². The first kappa shape index (κ1) is 19.5. The molecule has 28 heavy (non-hydrogen) atoms. The first-order chi connectivity index (χ1) is 13.7. The SMILES string of the molecule is NCC1CCC(CN(Cc2ccc(Cl)cc2)Cc2cc3ccccc3o2)CC1. The minimum absolute atomic E-state index is 0.719. The second-order valence-electron chi connectivity index (χ2n) is 8.17. The third kappa shape index (κ3) is 4.96. The van der Waals surface area contributed by atoms with Gasteiger partial charge in [-0.05, 0) is 73.9 Å². The molecule has 0 unspecified atom stereocenters. The minimum atomic E-state index is 0.719. The lowest BCUT2D eigenvalue weighted by Crippen LogP contribution is -2.32. The Kier molecular flexibility index (Phi) is 6.36. The molecule has 1 aliphatic carbocycles. The second kappa shape index (κ2) is 9.13. The van der Waals surface area contributed by atoms with E-state index >= 15 is 0 Å². The summed E-state index contributed by atoms with van der Waals surface area (Å²) in [6.45, 7) is 3.66. The van der Waals surface area contributed by atoms with Crippen molar-refractivity contribution in [2.24, 2.45) is 17.6 Å². The Morgan fingerprint density at radius 3 is 2.36 bits per heavy atom. The van der Waals surface area contributed by atoms with Crippen LogP contribution in [0.25, 0.3) is 11.0 Å². The number of benzene rings is 2. The van der Waals surface area contributed by atoms with E-state index in [4.69, 9.17) is 21.8 Å². The Morgan fingerprint density at radius 2 is 1.64 bits per heavy atom. The zero-order chi connectivity index (χ0) is 19.3. The van der Waals surface area contributed by atoms with Gasteiger partial charge in [-0.15, -0.1) is 0 Å². The summed E-state index contributed by atoms with van der Waals surface area (Å²) in [5.41, 5.74) is 8.12. The minimum Gasteiger partial charge on any atom is -0.460 e. The third-order valence-electron chi connectivity index (χ3n) is 5.99. The molecule has 1 aliphatic rings. The van der Waals surface area contributed by atoms with E-state index in [1.807, 2.05) is 24.3 Å². The van der Waals surface area contributed by atoms with Crippen LogP contribution in [0.4, 0.5) is 0 Å². The normalized spacial score (nSPS) is 20.1. The molecule has 1 aromatic heterocycles. The van der Waals surface area contributed by atoms with E-state index in [2.05, 4.69) is 35.2 Å². The van der Waals surface area contributed by atoms with E-state index in [9.17, 15) is 0 Å². The first-order valence-corrected chi connectivity index (χ1v) is 10.7. The van der Waals surface area contributed by atoms with Gasteiger partial charge in [-0.2, -0.15) is 0 Å². The van der Waals surface area contributed by atoms with E-state index in [-0.39, 0.29) is 0 Å². The van der Waals surface area contributed by atoms with Crippen molar-refractivity contribution in [3.8, 4) is 0 Å². The van der Waals surface area contributed by atoms with Gasteiger partial charge in [0.15, 0.2) is 0 Å². The van der Waals surface area contributed by atoms with E-state index in [1.54, 1.807) is 0 Å². The van der Waals surface area contributed by atoms with Gasteiger partial charge in [0.2, 0.25) is 0 Å². The van der Waals surface area contributed by atoms with Gasteiger partial charge < -0.3 is 10.2 Å². The topological polar surface area (TPSA) is 42.4 Å². The summed E-state index contributed by atoms with van der Waals surface area (Å²) in [6.07, 6.45) is 5.08. The highest BCUT2D eigenvalue weighted by Gasteiger charge is 2.23. The molecular formula is C24H29ClN2O. The number of para-hydroxylation sites is 1. The molecule has 0 amide bonds. The predicted octanol–water partition coefficient (Wildman–Crippen LogP) is 5.85. The number of nitrogens with two attached hydrogens (primary N) is 1. The van der Waals surface area contributed by atoms with Crippen LogP contribution >= 0.6 is 11.6 Å². The summed E-state index contributed by atoms with van der Waals surface area (Å²) in [5.74, 6) is 2.49. The average molecular weight is 397 g/mol. The molecule has 2 N–H and O–H groups in total. The van der Waals surface area contributed by atoms with Crippen LogP contribution in [0.3, 0.4) is 0 Å². The summed E-state index contributed by atoms with van der Waals surface area (Å²) in [5, 5.41) is 1.96. The first-order valence-electron chi connectivity index (χ1n) is 10.3. The second-order valence-corrected chi connectivity index (χ2v) is 8.61. The molecule has 0 atom stereocenters. The molecule has 0 spiro atoms. The molecular weight excluding hydrogens is 368 g/mol. The molecule has 4 rings (SSSR count). The van der Waals surface area contributed by atoms with Crippen molar-refractivity contribution in [1.82, 2.24) is 4.90 Å². The lowest BCUT2D eigenvalue weighted by Gasteiger charge is -2.32. The number of furan rings is 1. The van der Waals surface area contributed by atoms with Crippen molar-refractivity contribution in [2.45, 2.75) is 38.8 Å². The molecule has 0 radical (unpaired) electrons. The van der Waals surface area contributed by atoms with E-state index < -0.39 is 0 Å². The van der Waals surface area contributed by atoms with E-state index in [1.165, 1.54) is 36.6 Å². The molecule has 0 aliphatic heterocycles. The molecule has 1 saturated carbocycles. The summed E-state index contributed by atoms with van der Waals surface area (Å²) >= 11 is 6.07. The maximum Gasteiger partial charge on any atom is 0.134 e. The largest absolute Gasteiger partial charge is 0.460 e. The highest BCUT2D eigenvalue weighted by molar-refractivity contribution is 6.30. The molecule has 0 saturated heterocycles. The van der Waals surface area contributed by atoms with Gasteiger partial charge in [-0.3, -0.25) is 4.90 Å². The van der Waals surface area contributed by atoms with Crippen LogP contribution in [0.15, 0.2) is 59.0 Å². The van der Waals surface area contributed by atoms with Gasteiger partial charge in [0, 0.05) is 23.5 Å². The monoisotopic (exact) mass is 396 g/mol. The molecule has 2 aromatic carbocycles. The van der Waals surface area contributed by atoms with Crippen LogP contribution in [-0.4, -0.2) is 18.0 Å². The number of hydrogen-bond acceptors (Lipinski definition) is 3. The van der Waals surface area contributed by atoms with Crippen LogP contribution in [0.1, 0.15) is 37.0 Å². The van der Waals surface area contributed by atoms with Crippen LogP contribution in [0.2, 0.25) is 5.02 Å². The van der Waals surface area contributed by atoms with Gasteiger partial charge in [-0.1, -0.05) is 41.9 Å². The molecule has 148 valence electrons. The number of halogens is 1. The summed E-state index contributed by atoms with van der Waals surface area (Å²) in [7, 11) is 0. The maximum absolute atomic E-state index is 6.10. The summed E-state index contributed by atoms with van der Waals surface area (Å²) in [6, 6.07) is 18.6. The molecule has 3 aromatic rings. The third-order valence-corrected chi connectivity index (χ3v) is 6.24. The fourth-order valence-corrected chi connectivity index (χ4v) is 4.51. The molecule has 0 bridgehead atoms. The van der Waals surface area contributed by atoms with Gasteiger partial charge in [0.25, 0.3) is 0 Å². The van der Waals surface area contributed by atoms with Crippen LogP contribution in [-0.2, 0) is 13.1 Å². The van der Waals surface area contributed by atoms with Crippen LogP contribution < -0.4 is 5.73 Å².